The van der Waals surface area contributed by atoms with Crippen LogP contribution in [0.1, 0.15) is 19.3 Å². The van der Waals surface area contributed by atoms with E-state index in [2.05, 4.69) is 10.8 Å². The fourth-order valence-corrected chi connectivity index (χ4v) is 5.18. The van der Waals surface area contributed by atoms with Crippen molar-refractivity contribution in [2.45, 2.75) is 24.2 Å². The summed E-state index contributed by atoms with van der Waals surface area (Å²) in [6, 6.07) is 6.01. The Labute approximate surface area is 168 Å². The van der Waals surface area contributed by atoms with Gasteiger partial charge in [0, 0.05) is 23.9 Å². The molecule has 0 bridgehead atoms. The lowest BCUT2D eigenvalue weighted by atomic mass is 9.80. The van der Waals surface area contributed by atoms with Crippen LogP contribution in [-0.2, 0) is 19.6 Å². The van der Waals surface area contributed by atoms with E-state index < -0.39 is 21.9 Å². The quantitative estimate of drug-likeness (QED) is 0.761. The Morgan fingerprint density at radius 1 is 1.25 bits per heavy atom. The van der Waals surface area contributed by atoms with Gasteiger partial charge in [-0.15, -0.1) is 0 Å². The van der Waals surface area contributed by atoms with Gasteiger partial charge >= 0.3 is 5.97 Å². The number of benzene rings is 1. The third-order valence-electron chi connectivity index (χ3n) is 5.35. The maximum atomic E-state index is 12.6. The number of sulfonamides is 1. The van der Waals surface area contributed by atoms with Crippen LogP contribution in [0.15, 0.2) is 63.8 Å². The highest BCUT2D eigenvalue weighted by atomic mass is 35.5. The van der Waals surface area contributed by atoms with Crippen LogP contribution in [0.2, 0.25) is 5.02 Å². The molecule has 8 heteroatoms. The van der Waals surface area contributed by atoms with Gasteiger partial charge in [-0.25, -0.2) is 13.1 Å². The summed E-state index contributed by atoms with van der Waals surface area (Å²) in [5.74, 6) is -0.756. The van der Waals surface area contributed by atoms with E-state index in [0.717, 1.165) is 28.9 Å². The number of hydrogen-bond donors (Lipinski definition) is 2. The van der Waals surface area contributed by atoms with Crippen LogP contribution in [0.25, 0.3) is 0 Å². The molecule has 28 heavy (non-hydrogen) atoms. The first kappa shape index (κ1) is 19.2. The Morgan fingerprint density at radius 2 is 2.00 bits per heavy atom. The fraction of sp³-hybridized carbons (Fsp3) is 0.350. The smallest absolute Gasteiger partial charge is 0.310 e. The Hall–Kier alpha value is -2.09. The van der Waals surface area contributed by atoms with Gasteiger partial charge in [0.25, 0.3) is 0 Å². The number of hydrogen-bond acceptors (Lipinski definition) is 4. The molecule has 1 aromatic carbocycles. The summed E-state index contributed by atoms with van der Waals surface area (Å²) in [6.45, 7) is 0.766. The van der Waals surface area contributed by atoms with Crippen LogP contribution in [0.3, 0.4) is 0 Å². The van der Waals surface area contributed by atoms with Crippen molar-refractivity contribution in [3.63, 3.8) is 0 Å². The number of nitrogens with one attached hydrogen (secondary N) is 1. The van der Waals surface area contributed by atoms with Gasteiger partial charge in [-0.1, -0.05) is 23.8 Å². The summed E-state index contributed by atoms with van der Waals surface area (Å²) in [7, 11) is -3.67. The number of carboxylic acids is 1. The number of allylic oxidation sites excluding steroid dienone is 3. The first-order chi connectivity index (χ1) is 13.3. The molecule has 6 nitrogen and oxygen atoms in total. The third-order valence-corrected chi connectivity index (χ3v) is 7.04. The molecule has 0 amide bonds. The first-order valence-corrected chi connectivity index (χ1v) is 11.0. The minimum Gasteiger partial charge on any atom is -0.493 e. The predicted octanol–water partition coefficient (Wildman–Crippen LogP) is 3.27. The average Bonchev–Trinajstić information content (AvgIpc) is 3.11. The fourth-order valence-electron chi connectivity index (χ4n) is 3.97. The zero-order chi connectivity index (χ0) is 19.9. The molecule has 1 heterocycles. The van der Waals surface area contributed by atoms with E-state index in [1.165, 1.54) is 24.3 Å². The lowest BCUT2D eigenvalue weighted by Gasteiger charge is -2.33. The van der Waals surface area contributed by atoms with Crippen molar-refractivity contribution in [2.75, 3.05) is 13.2 Å². The molecule has 0 fully saturated rings. The molecule has 4 rings (SSSR count). The van der Waals surface area contributed by atoms with Gasteiger partial charge in [-0.3, -0.25) is 4.79 Å². The minimum absolute atomic E-state index is 0.0973. The number of carboxylic acid groups (broad SMARTS) is 1. The number of rotatable bonds is 5. The SMILES string of the molecule is O=C(O)C1C=C2CC(CNS(=O)(=O)c3ccc(Cl)cc3)C3=CCCOC3=C2C1. The highest BCUT2D eigenvalue weighted by molar-refractivity contribution is 7.89. The monoisotopic (exact) mass is 421 g/mol. The molecule has 0 spiro atoms. The summed E-state index contributed by atoms with van der Waals surface area (Å²) in [5.41, 5.74) is 2.88. The second-order valence-corrected chi connectivity index (χ2v) is 9.36. The van der Waals surface area contributed by atoms with E-state index in [0.29, 0.717) is 24.5 Å². The Bertz CT molecular complexity index is 1010. The minimum atomic E-state index is -3.67. The molecule has 2 unspecified atom stereocenters. The molecule has 0 saturated heterocycles. The summed E-state index contributed by atoms with van der Waals surface area (Å²) in [5, 5.41) is 9.83. The molecule has 2 aliphatic carbocycles. The van der Waals surface area contributed by atoms with Crippen molar-refractivity contribution in [2.24, 2.45) is 11.8 Å². The van der Waals surface area contributed by atoms with Crippen molar-refractivity contribution in [1.82, 2.24) is 4.72 Å². The Morgan fingerprint density at radius 3 is 2.71 bits per heavy atom. The van der Waals surface area contributed by atoms with E-state index in [-0.39, 0.29) is 17.4 Å². The van der Waals surface area contributed by atoms with Gasteiger partial charge in [0.15, 0.2) is 0 Å². The molecular weight excluding hydrogens is 402 g/mol. The second-order valence-electron chi connectivity index (χ2n) is 7.15. The van der Waals surface area contributed by atoms with Crippen molar-refractivity contribution in [3.05, 3.63) is 63.9 Å². The highest BCUT2D eigenvalue weighted by Crippen LogP contribution is 2.46. The number of ether oxygens (including phenoxy) is 1. The standard InChI is InChI=1S/C20H20ClNO5S/c21-15-3-5-16(6-4-15)28(25,26)22-11-14-9-12-8-13(20(23)24)10-18(12)19-17(14)2-1-7-27-19/h2-6,8,13-14,22H,1,7,9-11H2,(H,23,24). The Balaban J connectivity index is 1.57. The number of halogens is 1. The van der Waals surface area contributed by atoms with Crippen molar-refractivity contribution in [3.8, 4) is 0 Å². The molecule has 0 radical (unpaired) electrons. The molecule has 2 atom stereocenters. The Kier molecular flexibility index (Phi) is 5.07. The molecule has 0 saturated carbocycles. The van der Waals surface area contributed by atoms with Crippen molar-refractivity contribution >= 4 is 27.6 Å². The lowest BCUT2D eigenvalue weighted by Crippen LogP contribution is -2.33. The number of carbonyl (C=O) groups is 1. The van der Waals surface area contributed by atoms with E-state index in [1.807, 2.05) is 0 Å². The zero-order valence-electron chi connectivity index (χ0n) is 15.0. The van der Waals surface area contributed by atoms with Crippen LogP contribution in [0.4, 0.5) is 0 Å². The molecule has 3 aliphatic rings. The predicted molar refractivity (Wildman–Crippen MR) is 104 cm³/mol. The van der Waals surface area contributed by atoms with Crippen LogP contribution in [0.5, 0.6) is 0 Å². The van der Waals surface area contributed by atoms with Gasteiger partial charge in [0.05, 0.1) is 17.4 Å². The molecule has 148 valence electrons. The van der Waals surface area contributed by atoms with Crippen molar-refractivity contribution < 1.29 is 23.1 Å². The zero-order valence-corrected chi connectivity index (χ0v) is 16.6. The van der Waals surface area contributed by atoms with E-state index in [4.69, 9.17) is 16.3 Å². The van der Waals surface area contributed by atoms with Gasteiger partial charge in [-0.05, 0) is 53.8 Å². The van der Waals surface area contributed by atoms with E-state index in [1.54, 1.807) is 6.08 Å². The van der Waals surface area contributed by atoms with E-state index in [9.17, 15) is 18.3 Å². The van der Waals surface area contributed by atoms with Crippen molar-refractivity contribution in [1.29, 1.82) is 0 Å². The van der Waals surface area contributed by atoms with Gasteiger partial charge in [-0.2, -0.15) is 0 Å². The third kappa shape index (κ3) is 3.62. The summed E-state index contributed by atoms with van der Waals surface area (Å²) in [4.78, 5) is 11.6. The normalized spacial score (nSPS) is 24.0. The van der Waals surface area contributed by atoms with Gasteiger partial charge in [0.1, 0.15) is 5.76 Å². The molecule has 2 N–H and O–H groups in total. The maximum absolute atomic E-state index is 12.6. The van der Waals surface area contributed by atoms with Crippen LogP contribution in [0, 0.1) is 11.8 Å². The maximum Gasteiger partial charge on any atom is 0.310 e. The average molecular weight is 422 g/mol. The number of fused-ring (bicyclic) bond motifs is 2. The topological polar surface area (TPSA) is 92.7 Å². The van der Waals surface area contributed by atoms with E-state index >= 15 is 0 Å². The summed E-state index contributed by atoms with van der Waals surface area (Å²) in [6.07, 6.45) is 5.65. The first-order valence-electron chi connectivity index (χ1n) is 9.10. The molecule has 1 aliphatic heterocycles. The van der Waals surface area contributed by atoms with Gasteiger partial charge in [0.2, 0.25) is 10.0 Å². The second kappa shape index (κ2) is 7.39. The van der Waals surface area contributed by atoms with Crippen LogP contribution >= 0.6 is 11.6 Å². The lowest BCUT2D eigenvalue weighted by molar-refractivity contribution is -0.139. The van der Waals surface area contributed by atoms with Crippen LogP contribution < -0.4 is 4.72 Å². The largest absolute Gasteiger partial charge is 0.493 e. The summed E-state index contributed by atoms with van der Waals surface area (Å²) >= 11 is 5.83. The van der Waals surface area contributed by atoms with Gasteiger partial charge < -0.3 is 9.84 Å². The highest BCUT2D eigenvalue weighted by Gasteiger charge is 2.38. The molecule has 0 aromatic heterocycles. The molecular formula is C20H20ClNO5S. The summed E-state index contributed by atoms with van der Waals surface area (Å²) < 4.78 is 33.8. The molecule has 1 aromatic rings. The number of aliphatic carboxylic acids is 1. The van der Waals surface area contributed by atoms with Crippen LogP contribution in [-0.4, -0.2) is 32.6 Å².